The molecule has 2 unspecified atom stereocenters. The predicted octanol–water partition coefficient (Wildman–Crippen LogP) is 3.15. The number of esters is 1. The molecule has 2 aromatic rings. The van der Waals surface area contributed by atoms with Crippen molar-refractivity contribution in [3.8, 4) is 0 Å². The van der Waals surface area contributed by atoms with Crippen molar-refractivity contribution in [3.63, 3.8) is 0 Å². The van der Waals surface area contributed by atoms with E-state index in [0.717, 1.165) is 5.56 Å². The number of carbonyl (C=O) groups excluding carboxylic acids is 1. The summed E-state index contributed by atoms with van der Waals surface area (Å²) in [6, 6.07) is 15.6. The molecule has 0 bridgehead atoms. The molecule has 0 amide bonds. The second-order valence-corrected chi connectivity index (χ2v) is 5.17. The number of para-hydroxylation sites is 1. The summed E-state index contributed by atoms with van der Waals surface area (Å²) in [4.78, 5) is 22.7. The molecule has 5 heteroatoms. The highest BCUT2D eigenvalue weighted by atomic mass is 16.6. The monoisotopic (exact) mass is 283 g/mol. The number of rotatable bonds is 3. The first-order valence-electron chi connectivity index (χ1n) is 6.55. The van der Waals surface area contributed by atoms with Crippen molar-refractivity contribution < 1.29 is 14.5 Å². The number of hydrogen-bond donors (Lipinski definition) is 0. The smallest absolute Gasteiger partial charge is 0.321 e. The molecule has 0 aromatic heterocycles. The summed E-state index contributed by atoms with van der Waals surface area (Å²) < 4.78 is 5.24. The van der Waals surface area contributed by atoms with Crippen LogP contribution in [0.4, 0.5) is 5.69 Å². The first-order valence-corrected chi connectivity index (χ1v) is 6.55. The maximum absolute atomic E-state index is 12.0. The summed E-state index contributed by atoms with van der Waals surface area (Å²) in [5.74, 6) is -0.364. The van der Waals surface area contributed by atoms with Gasteiger partial charge in [0.25, 0.3) is 5.69 Å². The molecule has 0 radical (unpaired) electrons. The van der Waals surface area contributed by atoms with Crippen LogP contribution >= 0.6 is 0 Å². The lowest BCUT2D eigenvalue weighted by molar-refractivity contribution is -0.386. The van der Waals surface area contributed by atoms with E-state index >= 15 is 0 Å². The van der Waals surface area contributed by atoms with E-state index in [9.17, 15) is 14.9 Å². The molecule has 2 atom stereocenters. The third kappa shape index (κ3) is 1.89. The molecule has 0 saturated carbocycles. The molecule has 106 valence electrons. The predicted molar refractivity (Wildman–Crippen MR) is 75.7 cm³/mol. The molecule has 0 N–H and O–H groups in total. The van der Waals surface area contributed by atoms with E-state index < -0.39 is 16.4 Å². The molecule has 0 aliphatic carbocycles. The van der Waals surface area contributed by atoms with Gasteiger partial charge in [0.2, 0.25) is 0 Å². The van der Waals surface area contributed by atoms with Crippen LogP contribution in [0.3, 0.4) is 0 Å². The Morgan fingerprint density at radius 3 is 2.33 bits per heavy atom. The molecule has 5 nitrogen and oxygen atoms in total. The third-order valence-corrected chi connectivity index (χ3v) is 3.96. The van der Waals surface area contributed by atoms with Crippen LogP contribution in [0.1, 0.15) is 24.2 Å². The number of ether oxygens (including phenoxy) is 1. The number of nitro groups is 1. The standard InChI is InChI=1S/C16H13NO4/c1-16(11-7-3-2-4-8-11)14(21-15(16)18)12-9-5-6-10-13(12)17(19)20/h2-10,14H,1H3. The van der Waals surface area contributed by atoms with Crippen molar-refractivity contribution in [2.75, 3.05) is 0 Å². The lowest BCUT2D eigenvalue weighted by Gasteiger charge is -2.44. The first kappa shape index (κ1) is 13.3. The van der Waals surface area contributed by atoms with E-state index in [4.69, 9.17) is 4.74 Å². The maximum Gasteiger partial charge on any atom is 0.321 e. The molecule has 1 heterocycles. The second kappa shape index (κ2) is 4.70. The Labute approximate surface area is 121 Å². The van der Waals surface area contributed by atoms with E-state index in [0.29, 0.717) is 5.56 Å². The van der Waals surface area contributed by atoms with Gasteiger partial charge >= 0.3 is 5.97 Å². The van der Waals surface area contributed by atoms with Crippen molar-refractivity contribution in [1.29, 1.82) is 0 Å². The van der Waals surface area contributed by atoms with E-state index in [1.165, 1.54) is 6.07 Å². The van der Waals surface area contributed by atoms with Gasteiger partial charge in [-0.2, -0.15) is 0 Å². The summed E-state index contributed by atoms with van der Waals surface area (Å²) in [5, 5.41) is 11.2. The largest absolute Gasteiger partial charge is 0.455 e. The Hall–Kier alpha value is -2.69. The average molecular weight is 283 g/mol. The first-order chi connectivity index (χ1) is 10.0. The second-order valence-electron chi connectivity index (χ2n) is 5.17. The number of nitro benzene ring substituents is 1. The number of cyclic esters (lactones) is 1. The average Bonchev–Trinajstić information content (AvgIpc) is 2.52. The van der Waals surface area contributed by atoms with Gasteiger partial charge in [-0.15, -0.1) is 0 Å². The Morgan fingerprint density at radius 2 is 1.71 bits per heavy atom. The van der Waals surface area contributed by atoms with Crippen molar-refractivity contribution in [1.82, 2.24) is 0 Å². The van der Waals surface area contributed by atoms with Crippen molar-refractivity contribution in [2.45, 2.75) is 18.4 Å². The van der Waals surface area contributed by atoms with Gasteiger partial charge < -0.3 is 4.74 Å². The summed E-state index contributed by atoms with van der Waals surface area (Å²) in [5.41, 5.74) is 0.294. The van der Waals surface area contributed by atoms with Gasteiger partial charge in [-0.3, -0.25) is 14.9 Å². The summed E-state index contributed by atoms with van der Waals surface area (Å²) in [6.07, 6.45) is -0.644. The van der Waals surface area contributed by atoms with Gasteiger partial charge in [-0.05, 0) is 18.6 Å². The number of nitrogens with zero attached hydrogens (tertiary/aromatic N) is 1. The van der Waals surface area contributed by atoms with Crippen LogP contribution in [0.2, 0.25) is 0 Å². The minimum atomic E-state index is -0.895. The van der Waals surface area contributed by atoms with E-state index in [2.05, 4.69) is 0 Å². The maximum atomic E-state index is 12.0. The topological polar surface area (TPSA) is 69.4 Å². The van der Waals surface area contributed by atoms with Crippen LogP contribution in [0.25, 0.3) is 0 Å². The Kier molecular flexibility index (Phi) is 2.97. The molecule has 1 saturated heterocycles. The molecule has 0 spiro atoms. The van der Waals surface area contributed by atoms with Crippen LogP contribution in [0.5, 0.6) is 0 Å². The minimum absolute atomic E-state index is 0.0304. The SMILES string of the molecule is CC1(c2ccccc2)C(=O)OC1c1ccccc1[N+](=O)[O-]. The van der Waals surface area contributed by atoms with E-state index in [-0.39, 0.29) is 11.7 Å². The number of hydrogen-bond acceptors (Lipinski definition) is 4. The van der Waals surface area contributed by atoms with Crippen molar-refractivity contribution in [3.05, 3.63) is 75.8 Å². The zero-order valence-electron chi connectivity index (χ0n) is 11.4. The molecular weight excluding hydrogens is 270 g/mol. The number of carbonyl (C=O) groups is 1. The molecular formula is C16H13NO4. The minimum Gasteiger partial charge on any atom is -0.455 e. The summed E-state index contributed by atoms with van der Waals surface area (Å²) in [7, 11) is 0. The van der Waals surface area contributed by atoms with Gasteiger partial charge in [0.1, 0.15) is 5.41 Å². The lowest BCUT2D eigenvalue weighted by atomic mass is 9.70. The third-order valence-electron chi connectivity index (χ3n) is 3.96. The highest BCUT2D eigenvalue weighted by Crippen LogP contribution is 2.51. The highest BCUT2D eigenvalue weighted by Gasteiger charge is 2.57. The van der Waals surface area contributed by atoms with Gasteiger partial charge in [-0.25, -0.2) is 0 Å². The molecule has 3 rings (SSSR count). The zero-order chi connectivity index (χ0) is 15.0. The molecule has 2 aromatic carbocycles. The molecule has 21 heavy (non-hydrogen) atoms. The van der Waals surface area contributed by atoms with Crippen LogP contribution in [-0.4, -0.2) is 10.9 Å². The number of benzene rings is 2. The van der Waals surface area contributed by atoms with E-state index in [1.54, 1.807) is 25.1 Å². The van der Waals surface area contributed by atoms with Gasteiger partial charge in [0, 0.05) is 6.07 Å². The fourth-order valence-electron chi connectivity index (χ4n) is 2.70. The van der Waals surface area contributed by atoms with Crippen LogP contribution in [0.15, 0.2) is 54.6 Å². The van der Waals surface area contributed by atoms with Crippen LogP contribution in [0, 0.1) is 10.1 Å². The van der Waals surface area contributed by atoms with Crippen LogP contribution in [-0.2, 0) is 14.9 Å². The fraction of sp³-hybridized carbons (Fsp3) is 0.188. The Balaban J connectivity index is 2.09. The van der Waals surface area contributed by atoms with Gasteiger partial charge in [-0.1, -0.05) is 42.5 Å². The van der Waals surface area contributed by atoms with Gasteiger partial charge in [0.05, 0.1) is 10.5 Å². The van der Waals surface area contributed by atoms with Crippen LogP contribution < -0.4 is 0 Å². The summed E-state index contributed by atoms with van der Waals surface area (Å²) in [6.45, 7) is 1.76. The van der Waals surface area contributed by atoms with Crippen molar-refractivity contribution in [2.24, 2.45) is 0 Å². The van der Waals surface area contributed by atoms with Gasteiger partial charge in [0.15, 0.2) is 6.10 Å². The van der Waals surface area contributed by atoms with E-state index in [1.807, 2.05) is 30.3 Å². The van der Waals surface area contributed by atoms with Crippen molar-refractivity contribution >= 4 is 11.7 Å². The highest BCUT2D eigenvalue weighted by molar-refractivity contribution is 5.90. The lowest BCUT2D eigenvalue weighted by Crippen LogP contribution is -2.52. The summed E-state index contributed by atoms with van der Waals surface area (Å²) >= 11 is 0. The molecule has 1 aliphatic heterocycles. The molecule has 1 aliphatic rings. The zero-order valence-corrected chi connectivity index (χ0v) is 11.4. The fourth-order valence-corrected chi connectivity index (χ4v) is 2.70. The normalized spacial score (nSPS) is 24.0. The Bertz CT molecular complexity index is 713. The Morgan fingerprint density at radius 1 is 1.10 bits per heavy atom. The quantitative estimate of drug-likeness (QED) is 0.493. The molecule has 1 fully saturated rings.